The van der Waals surface area contributed by atoms with E-state index in [4.69, 9.17) is 0 Å². The number of aromatic nitrogens is 1. The molecule has 0 amide bonds. The second kappa shape index (κ2) is 2.53. The minimum atomic E-state index is -3.53. The Kier molecular flexibility index (Phi) is 1.59. The van der Waals surface area contributed by atoms with Gasteiger partial charge in [0.05, 0.1) is 11.4 Å². The van der Waals surface area contributed by atoms with Gasteiger partial charge >= 0.3 is 0 Å². The van der Waals surface area contributed by atoms with E-state index in [-0.39, 0.29) is 4.90 Å². The summed E-state index contributed by atoms with van der Waals surface area (Å²) in [4.78, 5) is 4.06. The van der Waals surface area contributed by atoms with Crippen molar-refractivity contribution >= 4 is 22.0 Å². The van der Waals surface area contributed by atoms with Gasteiger partial charge in [-0.2, -0.15) is 8.42 Å². The molecule has 0 radical (unpaired) electrons. The number of nitrogens with zero attached hydrogens (tertiary/aromatic N) is 2. The van der Waals surface area contributed by atoms with Crippen LogP contribution >= 0.6 is 0 Å². The molecule has 1 aromatic heterocycles. The summed E-state index contributed by atoms with van der Waals surface area (Å²) in [6, 6.07) is 1.60. The number of sulfonamides is 1. The Labute approximate surface area is 75.6 Å². The van der Waals surface area contributed by atoms with Gasteiger partial charge in [-0.15, -0.1) is 4.40 Å². The van der Waals surface area contributed by atoms with Crippen LogP contribution in [0.1, 0.15) is 5.69 Å². The molecular formula is C7H7N3O2S. The third-order valence-electron chi connectivity index (χ3n) is 1.75. The van der Waals surface area contributed by atoms with Crippen molar-refractivity contribution in [2.45, 2.75) is 11.8 Å². The van der Waals surface area contributed by atoms with Gasteiger partial charge in [0.25, 0.3) is 10.0 Å². The van der Waals surface area contributed by atoms with Gasteiger partial charge in [0.15, 0.2) is 0 Å². The molecular weight excluding hydrogens is 190 g/mol. The van der Waals surface area contributed by atoms with Crippen LogP contribution in [0.15, 0.2) is 21.6 Å². The molecule has 0 atom stereocenters. The van der Waals surface area contributed by atoms with Gasteiger partial charge in [-0.1, -0.05) is 0 Å². The van der Waals surface area contributed by atoms with Crippen molar-refractivity contribution in [3.8, 4) is 0 Å². The molecule has 2 heterocycles. The molecule has 1 aliphatic heterocycles. The molecule has 0 fully saturated rings. The minimum absolute atomic E-state index is 0.164. The standard InChI is InChI=1S/C7H7N3O2S/c1-5-7-6(2-3-8-5)9-4-10-13(7,11)12/h2-4H,1H3,(H,9,10). The van der Waals surface area contributed by atoms with Gasteiger partial charge < -0.3 is 5.32 Å². The number of hydrogen-bond acceptors (Lipinski definition) is 4. The monoisotopic (exact) mass is 197 g/mol. The Bertz CT molecular complexity index is 479. The van der Waals surface area contributed by atoms with Crippen molar-refractivity contribution < 1.29 is 8.42 Å². The first-order chi connectivity index (χ1) is 6.11. The van der Waals surface area contributed by atoms with Crippen molar-refractivity contribution in [2.75, 3.05) is 5.32 Å². The van der Waals surface area contributed by atoms with Crippen LogP contribution in [0.25, 0.3) is 0 Å². The first kappa shape index (κ1) is 8.18. The predicted octanol–water partition coefficient (Wildman–Crippen LogP) is 0.533. The molecule has 0 bridgehead atoms. The minimum Gasteiger partial charge on any atom is -0.344 e. The van der Waals surface area contributed by atoms with Crippen LogP contribution < -0.4 is 5.32 Å². The van der Waals surface area contributed by atoms with Gasteiger partial charge in [-0.25, -0.2) is 0 Å². The van der Waals surface area contributed by atoms with Crippen LogP contribution in [0.5, 0.6) is 0 Å². The van der Waals surface area contributed by atoms with E-state index in [1.165, 1.54) is 0 Å². The van der Waals surface area contributed by atoms with Gasteiger partial charge in [-0.3, -0.25) is 4.98 Å². The molecule has 0 aliphatic carbocycles. The Morgan fingerprint density at radius 2 is 2.23 bits per heavy atom. The molecule has 0 unspecified atom stereocenters. The summed E-state index contributed by atoms with van der Waals surface area (Å²) in [5.41, 5.74) is 0.990. The molecule has 2 rings (SSSR count). The average Bonchev–Trinajstić information content (AvgIpc) is 2.02. The molecule has 68 valence electrons. The highest BCUT2D eigenvalue weighted by Gasteiger charge is 2.23. The molecule has 1 aliphatic rings. The average molecular weight is 197 g/mol. The molecule has 0 aromatic carbocycles. The van der Waals surface area contributed by atoms with Crippen molar-refractivity contribution in [1.29, 1.82) is 0 Å². The molecule has 1 aromatic rings. The number of pyridine rings is 1. The number of fused-ring (bicyclic) bond motifs is 1. The lowest BCUT2D eigenvalue weighted by molar-refractivity contribution is 0.597. The normalized spacial score (nSPS) is 17.6. The Morgan fingerprint density at radius 1 is 1.46 bits per heavy atom. The Morgan fingerprint density at radius 3 is 2.92 bits per heavy atom. The van der Waals surface area contributed by atoms with Crippen molar-refractivity contribution in [2.24, 2.45) is 4.40 Å². The highest BCUT2D eigenvalue weighted by Crippen LogP contribution is 2.26. The van der Waals surface area contributed by atoms with Gasteiger partial charge in [0.2, 0.25) is 0 Å². The van der Waals surface area contributed by atoms with E-state index in [2.05, 4.69) is 14.7 Å². The van der Waals surface area contributed by atoms with Gasteiger partial charge in [0.1, 0.15) is 11.2 Å². The van der Waals surface area contributed by atoms with E-state index < -0.39 is 10.0 Å². The molecule has 0 saturated heterocycles. The van der Waals surface area contributed by atoms with Crippen LogP contribution in [0.4, 0.5) is 5.69 Å². The second-order valence-corrected chi connectivity index (χ2v) is 4.20. The molecule has 6 heteroatoms. The van der Waals surface area contributed by atoms with Crippen LogP contribution in [0.2, 0.25) is 0 Å². The van der Waals surface area contributed by atoms with Gasteiger partial charge in [0, 0.05) is 6.20 Å². The quantitative estimate of drug-likeness (QED) is 0.658. The first-order valence-electron chi connectivity index (χ1n) is 3.62. The zero-order valence-corrected chi connectivity index (χ0v) is 7.67. The lowest BCUT2D eigenvalue weighted by Crippen LogP contribution is -2.13. The predicted molar refractivity (Wildman–Crippen MR) is 48.3 cm³/mol. The lowest BCUT2D eigenvalue weighted by atomic mass is 10.3. The molecule has 1 N–H and O–H groups in total. The SMILES string of the molecule is Cc1nccc2c1S(=O)(=O)N=CN2. The Hall–Kier alpha value is -1.43. The van der Waals surface area contributed by atoms with Crippen LogP contribution in [0.3, 0.4) is 0 Å². The Balaban J connectivity index is 2.81. The smallest absolute Gasteiger partial charge is 0.287 e. The van der Waals surface area contributed by atoms with Crippen molar-refractivity contribution in [1.82, 2.24) is 4.98 Å². The number of nitrogens with one attached hydrogen (secondary N) is 1. The fourth-order valence-corrected chi connectivity index (χ4v) is 2.34. The maximum Gasteiger partial charge on any atom is 0.287 e. The summed E-state index contributed by atoms with van der Waals surface area (Å²) >= 11 is 0. The van der Waals surface area contributed by atoms with E-state index in [1.807, 2.05) is 0 Å². The fraction of sp³-hybridized carbons (Fsp3) is 0.143. The van der Waals surface area contributed by atoms with E-state index in [0.29, 0.717) is 11.4 Å². The first-order valence-corrected chi connectivity index (χ1v) is 5.06. The maximum absolute atomic E-state index is 11.4. The molecule has 0 saturated carbocycles. The summed E-state index contributed by atoms with van der Waals surface area (Å²) in [6.07, 6.45) is 2.72. The summed E-state index contributed by atoms with van der Waals surface area (Å²) in [5, 5.41) is 2.75. The maximum atomic E-state index is 11.4. The van der Waals surface area contributed by atoms with Crippen molar-refractivity contribution in [3.63, 3.8) is 0 Å². The summed E-state index contributed by atoms with van der Waals surface area (Å²) in [7, 11) is -3.53. The highest BCUT2D eigenvalue weighted by atomic mass is 32.2. The van der Waals surface area contributed by atoms with Crippen LogP contribution in [0, 0.1) is 6.92 Å². The molecule has 0 spiro atoms. The topological polar surface area (TPSA) is 71.4 Å². The second-order valence-electron chi connectivity index (χ2n) is 2.63. The summed E-state index contributed by atoms with van der Waals surface area (Å²) in [6.45, 7) is 1.64. The fourth-order valence-electron chi connectivity index (χ4n) is 1.21. The molecule has 13 heavy (non-hydrogen) atoms. The number of hydrogen-bond donors (Lipinski definition) is 1. The number of anilines is 1. The van der Waals surface area contributed by atoms with E-state index in [1.54, 1.807) is 19.2 Å². The number of aryl methyl sites for hydroxylation is 1. The van der Waals surface area contributed by atoms with E-state index in [0.717, 1.165) is 6.34 Å². The van der Waals surface area contributed by atoms with Crippen LogP contribution in [-0.2, 0) is 10.0 Å². The van der Waals surface area contributed by atoms with Crippen LogP contribution in [-0.4, -0.2) is 19.7 Å². The van der Waals surface area contributed by atoms with E-state index in [9.17, 15) is 8.42 Å². The summed E-state index contributed by atoms with van der Waals surface area (Å²) < 4.78 is 26.2. The highest BCUT2D eigenvalue weighted by molar-refractivity contribution is 7.90. The van der Waals surface area contributed by atoms with E-state index >= 15 is 0 Å². The third kappa shape index (κ3) is 1.19. The summed E-state index contributed by atoms with van der Waals surface area (Å²) in [5.74, 6) is 0. The third-order valence-corrected chi connectivity index (χ3v) is 3.17. The zero-order chi connectivity index (χ0) is 9.47. The molecule has 5 nitrogen and oxygen atoms in total. The van der Waals surface area contributed by atoms with Crippen molar-refractivity contribution in [3.05, 3.63) is 18.0 Å². The zero-order valence-electron chi connectivity index (χ0n) is 6.85. The number of rotatable bonds is 0. The van der Waals surface area contributed by atoms with Gasteiger partial charge in [-0.05, 0) is 13.0 Å². The lowest BCUT2D eigenvalue weighted by Gasteiger charge is -2.12. The largest absolute Gasteiger partial charge is 0.344 e.